The van der Waals surface area contributed by atoms with Crippen LogP contribution in [-0.2, 0) is 19.3 Å². The fourth-order valence-corrected chi connectivity index (χ4v) is 4.03. The zero-order valence-electron chi connectivity index (χ0n) is 16.0. The van der Waals surface area contributed by atoms with E-state index < -0.39 is 12.1 Å². The number of halogens is 3. The Hall–Kier alpha value is -2.64. The highest BCUT2D eigenvalue weighted by molar-refractivity contribution is 5.96. The molecule has 2 aliphatic heterocycles. The molecule has 4 rings (SSSR count). The summed E-state index contributed by atoms with van der Waals surface area (Å²) in [5.41, 5.74) is 2.09. The summed E-state index contributed by atoms with van der Waals surface area (Å²) < 4.78 is 39.9. The van der Waals surface area contributed by atoms with E-state index in [-0.39, 0.29) is 18.9 Å². The van der Waals surface area contributed by atoms with E-state index in [0.717, 1.165) is 5.56 Å². The molecule has 1 saturated heterocycles. The minimum absolute atomic E-state index is 0.118. The average Bonchev–Trinajstić information content (AvgIpc) is 2.72. The average molecular weight is 404 g/mol. The second kappa shape index (κ2) is 8.00. The zero-order chi connectivity index (χ0) is 20.4. The monoisotopic (exact) mass is 404 g/mol. The highest BCUT2D eigenvalue weighted by Gasteiger charge is 2.42. The number of nitrogens with one attached hydrogen (secondary N) is 1. The molecule has 0 saturated carbocycles. The Labute approximate surface area is 167 Å². The molecule has 1 fully saturated rings. The van der Waals surface area contributed by atoms with Crippen LogP contribution >= 0.6 is 0 Å². The van der Waals surface area contributed by atoms with Crippen molar-refractivity contribution in [1.82, 2.24) is 15.3 Å². The molecule has 0 radical (unpaired) electrons. The minimum atomic E-state index is -4.22. The SMILES string of the molecule is O=C1NCCc2c1nc(CCc1ccccc1)nc2N1CCCC(C(F)(F)F)C1. The number of amides is 1. The number of hydrogen-bond acceptors (Lipinski definition) is 4. The Balaban J connectivity index is 1.64. The van der Waals surface area contributed by atoms with Crippen molar-refractivity contribution < 1.29 is 18.0 Å². The number of hydrogen-bond donors (Lipinski definition) is 1. The van der Waals surface area contributed by atoms with Crippen molar-refractivity contribution in [2.75, 3.05) is 24.5 Å². The Bertz CT molecular complexity index is 885. The molecule has 0 spiro atoms. The summed E-state index contributed by atoms with van der Waals surface area (Å²) in [4.78, 5) is 23.2. The Kier molecular flexibility index (Phi) is 5.43. The van der Waals surface area contributed by atoms with Gasteiger partial charge in [0.05, 0.1) is 5.92 Å². The number of carbonyl (C=O) groups is 1. The summed E-state index contributed by atoms with van der Waals surface area (Å²) >= 11 is 0. The van der Waals surface area contributed by atoms with Crippen LogP contribution in [0.4, 0.5) is 19.0 Å². The van der Waals surface area contributed by atoms with E-state index in [9.17, 15) is 18.0 Å². The van der Waals surface area contributed by atoms with Crippen LogP contribution in [0.1, 0.15) is 40.3 Å². The van der Waals surface area contributed by atoms with Gasteiger partial charge in [0, 0.05) is 31.6 Å². The molecule has 3 heterocycles. The van der Waals surface area contributed by atoms with Crippen LogP contribution in [-0.4, -0.2) is 41.7 Å². The fraction of sp³-hybridized carbons (Fsp3) is 0.476. The molecule has 1 N–H and O–H groups in total. The predicted octanol–water partition coefficient (Wildman–Crippen LogP) is 3.33. The molecule has 154 valence electrons. The van der Waals surface area contributed by atoms with Crippen LogP contribution in [0.15, 0.2) is 30.3 Å². The number of aryl methyl sites for hydroxylation is 2. The smallest absolute Gasteiger partial charge is 0.356 e. The summed E-state index contributed by atoms with van der Waals surface area (Å²) in [6.07, 6.45) is -1.88. The third-order valence-corrected chi connectivity index (χ3v) is 5.57. The van der Waals surface area contributed by atoms with E-state index in [2.05, 4.69) is 15.3 Å². The van der Waals surface area contributed by atoms with Crippen LogP contribution in [0, 0.1) is 5.92 Å². The second-order valence-electron chi connectivity index (χ2n) is 7.61. The van der Waals surface area contributed by atoms with Crippen molar-refractivity contribution in [2.24, 2.45) is 5.92 Å². The second-order valence-corrected chi connectivity index (χ2v) is 7.61. The number of nitrogens with zero attached hydrogens (tertiary/aromatic N) is 3. The summed E-state index contributed by atoms with van der Waals surface area (Å²) in [5.74, 6) is -0.650. The van der Waals surface area contributed by atoms with Crippen molar-refractivity contribution in [3.63, 3.8) is 0 Å². The lowest BCUT2D eigenvalue weighted by Crippen LogP contribution is -2.44. The highest BCUT2D eigenvalue weighted by Crippen LogP contribution is 2.36. The van der Waals surface area contributed by atoms with Gasteiger partial charge in [-0.2, -0.15) is 13.2 Å². The van der Waals surface area contributed by atoms with E-state index in [1.807, 2.05) is 30.3 Å². The van der Waals surface area contributed by atoms with Gasteiger partial charge < -0.3 is 10.2 Å². The lowest BCUT2D eigenvalue weighted by Gasteiger charge is -2.36. The van der Waals surface area contributed by atoms with Crippen LogP contribution in [0.2, 0.25) is 0 Å². The van der Waals surface area contributed by atoms with E-state index in [0.29, 0.717) is 61.7 Å². The maximum absolute atomic E-state index is 13.3. The van der Waals surface area contributed by atoms with Gasteiger partial charge in [-0.3, -0.25) is 4.79 Å². The minimum Gasteiger partial charge on any atom is -0.356 e. The predicted molar refractivity (Wildman–Crippen MR) is 103 cm³/mol. The third kappa shape index (κ3) is 4.36. The van der Waals surface area contributed by atoms with Gasteiger partial charge in [-0.1, -0.05) is 30.3 Å². The van der Waals surface area contributed by atoms with Gasteiger partial charge in [-0.05, 0) is 31.2 Å². The Morgan fingerprint density at radius 3 is 2.69 bits per heavy atom. The van der Waals surface area contributed by atoms with E-state index >= 15 is 0 Å². The van der Waals surface area contributed by atoms with E-state index in [1.54, 1.807) is 4.90 Å². The first kappa shape index (κ1) is 19.7. The molecule has 1 aromatic heterocycles. The molecule has 1 amide bonds. The number of rotatable bonds is 4. The summed E-state index contributed by atoms with van der Waals surface area (Å²) in [6, 6.07) is 9.85. The number of carbonyl (C=O) groups excluding carboxylic acids is 1. The quantitative estimate of drug-likeness (QED) is 0.849. The van der Waals surface area contributed by atoms with Crippen molar-refractivity contribution >= 4 is 11.7 Å². The molecule has 0 bridgehead atoms. The standard InChI is InChI=1S/C21H23F3N4O/c22-21(23,24)15-7-4-12-28(13-15)19-16-10-11-25-20(29)18(16)26-17(27-19)9-8-14-5-2-1-3-6-14/h1-3,5-6,15H,4,7-13H2,(H,25,29). The maximum atomic E-state index is 13.3. The highest BCUT2D eigenvalue weighted by atomic mass is 19.4. The number of piperidine rings is 1. The number of benzene rings is 1. The topological polar surface area (TPSA) is 58.1 Å². The zero-order valence-corrected chi connectivity index (χ0v) is 16.0. The van der Waals surface area contributed by atoms with Crippen LogP contribution < -0.4 is 10.2 Å². The lowest BCUT2D eigenvalue weighted by molar-refractivity contribution is -0.176. The summed E-state index contributed by atoms with van der Waals surface area (Å²) in [6.45, 7) is 0.838. The molecule has 5 nitrogen and oxygen atoms in total. The number of alkyl halides is 3. The number of anilines is 1. The van der Waals surface area contributed by atoms with Crippen molar-refractivity contribution in [2.45, 2.75) is 38.3 Å². The Morgan fingerprint density at radius 1 is 1.14 bits per heavy atom. The molecule has 8 heteroatoms. The van der Waals surface area contributed by atoms with Gasteiger partial charge in [-0.15, -0.1) is 0 Å². The van der Waals surface area contributed by atoms with Gasteiger partial charge in [0.25, 0.3) is 5.91 Å². The number of aromatic nitrogens is 2. The summed E-state index contributed by atoms with van der Waals surface area (Å²) in [5, 5.41) is 2.77. The largest absolute Gasteiger partial charge is 0.393 e. The van der Waals surface area contributed by atoms with Crippen molar-refractivity contribution in [3.05, 3.63) is 53.0 Å². The van der Waals surface area contributed by atoms with Crippen LogP contribution in [0.25, 0.3) is 0 Å². The van der Waals surface area contributed by atoms with Crippen molar-refractivity contribution in [3.8, 4) is 0 Å². The first-order chi connectivity index (χ1) is 13.9. The molecular weight excluding hydrogens is 381 g/mol. The Morgan fingerprint density at radius 2 is 1.93 bits per heavy atom. The maximum Gasteiger partial charge on any atom is 0.393 e. The summed E-state index contributed by atoms with van der Waals surface area (Å²) in [7, 11) is 0. The molecule has 1 unspecified atom stereocenters. The first-order valence-corrected chi connectivity index (χ1v) is 9.95. The first-order valence-electron chi connectivity index (χ1n) is 9.95. The van der Waals surface area contributed by atoms with Gasteiger partial charge >= 0.3 is 6.18 Å². The van der Waals surface area contributed by atoms with Crippen molar-refractivity contribution in [1.29, 1.82) is 0 Å². The van der Waals surface area contributed by atoms with Gasteiger partial charge in [0.1, 0.15) is 17.3 Å². The molecule has 2 aliphatic rings. The molecule has 2 aromatic rings. The van der Waals surface area contributed by atoms with Crippen LogP contribution in [0.5, 0.6) is 0 Å². The van der Waals surface area contributed by atoms with E-state index in [1.165, 1.54) is 0 Å². The van der Waals surface area contributed by atoms with Gasteiger partial charge in [0.15, 0.2) is 0 Å². The van der Waals surface area contributed by atoms with Gasteiger partial charge in [-0.25, -0.2) is 9.97 Å². The van der Waals surface area contributed by atoms with Gasteiger partial charge in [0.2, 0.25) is 0 Å². The third-order valence-electron chi connectivity index (χ3n) is 5.57. The normalized spacial score (nSPS) is 19.6. The number of fused-ring (bicyclic) bond motifs is 1. The molecule has 0 aliphatic carbocycles. The van der Waals surface area contributed by atoms with Crippen LogP contribution in [0.3, 0.4) is 0 Å². The van der Waals surface area contributed by atoms with E-state index in [4.69, 9.17) is 0 Å². The molecule has 1 aromatic carbocycles. The lowest BCUT2D eigenvalue weighted by atomic mass is 9.96. The molecule has 29 heavy (non-hydrogen) atoms. The molecular formula is C21H23F3N4O. The molecule has 1 atom stereocenters. The fourth-order valence-electron chi connectivity index (χ4n) is 4.03.